The molecule has 0 aromatic carbocycles. The van der Waals surface area contributed by atoms with Crippen LogP contribution in [0, 0.1) is 17.8 Å². The van der Waals surface area contributed by atoms with Crippen molar-refractivity contribution in [3.63, 3.8) is 0 Å². The van der Waals surface area contributed by atoms with Gasteiger partial charge in [-0.1, -0.05) is 19.1 Å². The Kier molecular flexibility index (Phi) is 3.09. The lowest BCUT2D eigenvalue weighted by molar-refractivity contribution is -0.135. The predicted molar refractivity (Wildman–Crippen MR) is 54.4 cm³/mol. The van der Waals surface area contributed by atoms with Crippen molar-refractivity contribution < 1.29 is 9.59 Å². The van der Waals surface area contributed by atoms with Gasteiger partial charge in [0.25, 0.3) is 0 Å². The number of rotatable bonds is 2. The van der Waals surface area contributed by atoms with Crippen molar-refractivity contribution in [1.82, 2.24) is 0 Å². The van der Waals surface area contributed by atoms with Crippen molar-refractivity contribution in [3.8, 4) is 0 Å². The van der Waals surface area contributed by atoms with Crippen LogP contribution in [0.3, 0.4) is 0 Å². The summed E-state index contributed by atoms with van der Waals surface area (Å²) in [6.07, 6.45) is 1.19. The summed E-state index contributed by atoms with van der Waals surface area (Å²) in [5.41, 5.74) is 6.23. The van der Waals surface area contributed by atoms with Gasteiger partial charge in [0.2, 0.25) is 5.91 Å². The second kappa shape index (κ2) is 3.95. The van der Waals surface area contributed by atoms with Crippen LogP contribution in [0.2, 0.25) is 0 Å². The Hall–Kier alpha value is -1.12. The van der Waals surface area contributed by atoms with Crippen molar-refractivity contribution in [3.05, 3.63) is 12.2 Å². The third-order valence-electron chi connectivity index (χ3n) is 3.16. The zero-order valence-electron chi connectivity index (χ0n) is 8.75. The Balaban J connectivity index is 2.81. The van der Waals surface area contributed by atoms with Crippen molar-refractivity contribution >= 4 is 11.7 Å². The number of primary amides is 1. The highest BCUT2D eigenvalue weighted by atomic mass is 16.1. The van der Waals surface area contributed by atoms with Gasteiger partial charge in [-0.25, -0.2) is 0 Å². The molecule has 3 nitrogen and oxygen atoms in total. The van der Waals surface area contributed by atoms with E-state index in [1.807, 2.05) is 6.92 Å². The quantitative estimate of drug-likeness (QED) is 0.675. The summed E-state index contributed by atoms with van der Waals surface area (Å²) in [6, 6.07) is 0. The molecule has 3 heteroatoms. The average molecular weight is 195 g/mol. The maximum Gasteiger partial charge on any atom is 0.221 e. The monoisotopic (exact) mass is 195 g/mol. The molecular formula is C11H17NO2. The number of Topliss-reactive ketones (excluding diaryl/α,β-unsaturated/α-hetero) is 1. The summed E-state index contributed by atoms with van der Waals surface area (Å²) in [5, 5.41) is 0. The lowest BCUT2D eigenvalue weighted by Gasteiger charge is -2.31. The normalized spacial score (nSPS) is 32.7. The van der Waals surface area contributed by atoms with Gasteiger partial charge in [-0.2, -0.15) is 0 Å². The topological polar surface area (TPSA) is 60.2 Å². The van der Waals surface area contributed by atoms with Crippen LogP contribution < -0.4 is 5.73 Å². The number of carbonyl (C=O) groups excluding carboxylic acids is 2. The highest BCUT2D eigenvalue weighted by Gasteiger charge is 2.36. The molecule has 1 saturated carbocycles. The van der Waals surface area contributed by atoms with E-state index in [4.69, 9.17) is 5.73 Å². The summed E-state index contributed by atoms with van der Waals surface area (Å²) in [5.74, 6) is -0.623. The van der Waals surface area contributed by atoms with Crippen LogP contribution in [-0.4, -0.2) is 11.7 Å². The highest BCUT2D eigenvalue weighted by Crippen LogP contribution is 2.34. The number of nitrogens with two attached hydrogens (primary N) is 1. The molecule has 3 atom stereocenters. The molecule has 0 bridgehead atoms. The summed E-state index contributed by atoms with van der Waals surface area (Å²) in [4.78, 5) is 22.7. The van der Waals surface area contributed by atoms with Crippen LogP contribution in [-0.2, 0) is 9.59 Å². The minimum absolute atomic E-state index is 0.132. The largest absolute Gasteiger partial charge is 0.369 e. The third-order valence-corrected chi connectivity index (χ3v) is 3.16. The van der Waals surface area contributed by atoms with Crippen molar-refractivity contribution in [2.45, 2.75) is 26.7 Å². The molecule has 1 aliphatic rings. The number of carbonyl (C=O) groups is 2. The molecule has 1 rings (SSSR count). The van der Waals surface area contributed by atoms with E-state index in [1.54, 1.807) is 6.92 Å². The van der Waals surface area contributed by atoms with E-state index >= 15 is 0 Å². The van der Waals surface area contributed by atoms with Crippen LogP contribution in [0.5, 0.6) is 0 Å². The molecular weight excluding hydrogens is 178 g/mol. The molecule has 0 saturated heterocycles. The van der Waals surface area contributed by atoms with Gasteiger partial charge in [0.15, 0.2) is 0 Å². The van der Waals surface area contributed by atoms with Gasteiger partial charge in [0, 0.05) is 18.3 Å². The molecule has 0 unspecified atom stereocenters. The van der Waals surface area contributed by atoms with E-state index in [1.165, 1.54) is 0 Å². The maximum absolute atomic E-state index is 11.6. The molecule has 78 valence electrons. The number of hydrogen-bond acceptors (Lipinski definition) is 2. The summed E-state index contributed by atoms with van der Waals surface area (Å²) in [6.45, 7) is 7.51. The molecule has 0 aromatic rings. The smallest absolute Gasteiger partial charge is 0.221 e. The Morgan fingerprint density at radius 3 is 2.57 bits per heavy atom. The first-order valence-corrected chi connectivity index (χ1v) is 4.91. The van der Waals surface area contributed by atoms with Gasteiger partial charge < -0.3 is 5.73 Å². The minimum atomic E-state index is -0.364. The van der Waals surface area contributed by atoms with Crippen LogP contribution in [0.4, 0.5) is 0 Å². The number of amides is 1. The second-order valence-electron chi connectivity index (χ2n) is 4.25. The second-order valence-corrected chi connectivity index (χ2v) is 4.25. The molecule has 2 N–H and O–H groups in total. The van der Waals surface area contributed by atoms with Crippen molar-refractivity contribution in [2.75, 3.05) is 0 Å². The number of ketones is 1. The Labute approximate surface area is 84.4 Å². The van der Waals surface area contributed by atoms with E-state index in [9.17, 15) is 9.59 Å². The molecule has 1 fully saturated rings. The van der Waals surface area contributed by atoms with Gasteiger partial charge in [-0.15, -0.1) is 0 Å². The fraction of sp³-hybridized carbons (Fsp3) is 0.636. The summed E-state index contributed by atoms with van der Waals surface area (Å²) < 4.78 is 0. The Morgan fingerprint density at radius 1 is 1.57 bits per heavy atom. The lowest BCUT2D eigenvalue weighted by atomic mass is 9.72. The Bertz CT molecular complexity index is 283. The molecule has 0 radical (unpaired) electrons. The molecule has 0 heterocycles. The summed E-state index contributed by atoms with van der Waals surface area (Å²) >= 11 is 0. The van der Waals surface area contributed by atoms with Crippen LogP contribution in [0.1, 0.15) is 26.7 Å². The van der Waals surface area contributed by atoms with Crippen LogP contribution in [0.15, 0.2) is 12.2 Å². The van der Waals surface area contributed by atoms with Gasteiger partial charge in [-0.05, 0) is 19.3 Å². The fourth-order valence-corrected chi connectivity index (χ4v) is 1.99. The first-order chi connectivity index (χ1) is 6.43. The van der Waals surface area contributed by atoms with E-state index in [-0.39, 0.29) is 29.4 Å². The lowest BCUT2D eigenvalue weighted by Crippen LogP contribution is -2.39. The van der Waals surface area contributed by atoms with Gasteiger partial charge >= 0.3 is 0 Å². The minimum Gasteiger partial charge on any atom is -0.369 e. The van der Waals surface area contributed by atoms with Gasteiger partial charge in [0.05, 0.1) is 0 Å². The molecule has 14 heavy (non-hydrogen) atoms. The maximum atomic E-state index is 11.6. The predicted octanol–water partition coefficient (Wildman–Crippen LogP) is 1.28. The molecule has 0 aliphatic heterocycles. The van der Waals surface area contributed by atoms with E-state index < -0.39 is 0 Å². The standard InChI is InChI=1S/C11H17NO2/c1-6(2)8-4-9(11(12)14)7(3)10(13)5-8/h7-9H,1,4-5H2,2-3H3,(H2,12,14)/t7-,8-,9+/m0/s1. The number of hydrogen-bond donors (Lipinski definition) is 1. The Morgan fingerprint density at radius 2 is 2.14 bits per heavy atom. The fourth-order valence-electron chi connectivity index (χ4n) is 1.99. The first kappa shape index (κ1) is 11.0. The van der Waals surface area contributed by atoms with Crippen LogP contribution >= 0.6 is 0 Å². The van der Waals surface area contributed by atoms with E-state index in [0.717, 1.165) is 5.57 Å². The van der Waals surface area contributed by atoms with Crippen molar-refractivity contribution in [1.29, 1.82) is 0 Å². The summed E-state index contributed by atoms with van der Waals surface area (Å²) in [7, 11) is 0. The van der Waals surface area contributed by atoms with Crippen LogP contribution in [0.25, 0.3) is 0 Å². The zero-order chi connectivity index (χ0) is 10.9. The zero-order valence-corrected chi connectivity index (χ0v) is 8.75. The van der Waals surface area contributed by atoms with Crippen molar-refractivity contribution in [2.24, 2.45) is 23.5 Å². The third kappa shape index (κ3) is 2.03. The van der Waals surface area contributed by atoms with E-state index in [0.29, 0.717) is 12.8 Å². The SMILES string of the molecule is C=C(C)[C@@H]1CC(=O)[C@@H](C)[C@H](C(N)=O)C1. The first-order valence-electron chi connectivity index (χ1n) is 4.91. The van der Waals surface area contributed by atoms with Gasteiger partial charge in [-0.3, -0.25) is 9.59 Å². The van der Waals surface area contributed by atoms with E-state index in [2.05, 4.69) is 6.58 Å². The number of allylic oxidation sites excluding steroid dienone is 1. The average Bonchev–Trinajstić information content (AvgIpc) is 2.08. The molecule has 0 aromatic heterocycles. The molecule has 0 spiro atoms. The molecule has 1 aliphatic carbocycles. The van der Waals surface area contributed by atoms with Gasteiger partial charge in [0.1, 0.15) is 5.78 Å². The molecule has 1 amide bonds. The highest BCUT2D eigenvalue weighted by molar-refractivity contribution is 5.89.